The predicted octanol–water partition coefficient (Wildman–Crippen LogP) is 5.64. The fourth-order valence-corrected chi connectivity index (χ4v) is 4.25. The first kappa shape index (κ1) is 14.5. The highest BCUT2D eigenvalue weighted by Crippen LogP contribution is 2.38. The Balaban J connectivity index is 1.68. The highest BCUT2D eigenvalue weighted by atomic mass is 32.2. The van der Waals surface area contributed by atoms with E-state index >= 15 is 0 Å². The number of aryl methyl sites for hydroxylation is 1. The molecular weight excluding hydrogens is 274 g/mol. The normalized spacial score (nSPS) is 15.3. The van der Waals surface area contributed by atoms with Gasteiger partial charge in [-0.1, -0.05) is 49.2 Å². The topological polar surface area (TPSA) is 12.0 Å². The molecule has 1 aliphatic carbocycles. The van der Waals surface area contributed by atoms with Crippen LogP contribution in [0.3, 0.4) is 0 Å². The SMILES string of the molecule is Cc1ccccc1CNc1ccccc1SC1CCCC1. The number of hydrogen-bond donors (Lipinski definition) is 1. The molecule has 0 spiro atoms. The average molecular weight is 297 g/mol. The molecule has 2 heteroatoms. The van der Waals surface area contributed by atoms with Crippen LogP contribution in [0.1, 0.15) is 36.8 Å². The van der Waals surface area contributed by atoms with E-state index in [2.05, 4.69) is 72.5 Å². The molecule has 1 aliphatic rings. The summed E-state index contributed by atoms with van der Waals surface area (Å²) in [6, 6.07) is 17.3. The van der Waals surface area contributed by atoms with Gasteiger partial charge in [-0.25, -0.2) is 0 Å². The monoisotopic (exact) mass is 297 g/mol. The first-order valence-electron chi connectivity index (χ1n) is 7.87. The summed E-state index contributed by atoms with van der Waals surface area (Å²) in [6.07, 6.45) is 5.54. The predicted molar refractivity (Wildman–Crippen MR) is 93.1 cm³/mol. The lowest BCUT2D eigenvalue weighted by Crippen LogP contribution is -2.03. The number of para-hydroxylation sites is 1. The van der Waals surface area contributed by atoms with Crippen LogP contribution < -0.4 is 5.32 Å². The van der Waals surface area contributed by atoms with Gasteiger partial charge in [0.1, 0.15) is 0 Å². The molecule has 0 atom stereocenters. The van der Waals surface area contributed by atoms with Gasteiger partial charge >= 0.3 is 0 Å². The van der Waals surface area contributed by atoms with E-state index in [4.69, 9.17) is 0 Å². The Morgan fingerprint density at radius 1 is 1.00 bits per heavy atom. The molecule has 3 rings (SSSR count). The van der Waals surface area contributed by atoms with Crippen molar-refractivity contribution in [3.8, 4) is 0 Å². The summed E-state index contributed by atoms with van der Waals surface area (Å²) in [5, 5.41) is 4.43. The van der Waals surface area contributed by atoms with Crippen molar-refractivity contribution < 1.29 is 0 Å². The Labute approximate surface area is 132 Å². The van der Waals surface area contributed by atoms with Gasteiger partial charge < -0.3 is 5.32 Å². The molecule has 0 unspecified atom stereocenters. The first-order chi connectivity index (χ1) is 10.3. The highest BCUT2D eigenvalue weighted by Gasteiger charge is 2.17. The Morgan fingerprint density at radius 2 is 1.71 bits per heavy atom. The largest absolute Gasteiger partial charge is 0.380 e. The van der Waals surface area contributed by atoms with E-state index in [-0.39, 0.29) is 0 Å². The number of thioether (sulfide) groups is 1. The van der Waals surface area contributed by atoms with Crippen LogP contribution >= 0.6 is 11.8 Å². The number of anilines is 1. The third-order valence-corrected chi connectivity index (χ3v) is 5.63. The molecule has 0 bridgehead atoms. The van der Waals surface area contributed by atoms with Crippen molar-refractivity contribution in [1.82, 2.24) is 0 Å². The molecule has 0 amide bonds. The molecule has 1 saturated carbocycles. The summed E-state index contributed by atoms with van der Waals surface area (Å²) in [7, 11) is 0. The van der Waals surface area contributed by atoms with Crippen molar-refractivity contribution in [3.63, 3.8) is 0 Å². The van der Waals surface area contributed by atoms with Crippen molar-refractivity contribution in [2.24, 2.45) is 0 Å². The fraction of sp³-hybridized carbons (Fsp3) is 0.368. The van der Waals surface area contributed by atoms with Crippen LogP contribution in [0.4, 0.5) is 5.69 Å². The Bertz CT molecular complexity index is 588. The van der Waals surface area contributed by atoms with E-state index in [1.807, 2.05) is 0 Å². The van der Waals surface area contributed by atoms with Crippen molar-refractivity contribution >= 4 is 17.4 Å². The maximum atomic E-state index is 3.62. The Hall–Kier alpha value is -1.41. The zero-order chi connectivity index (χ0) is 14.5. The van der Waals surface area contributed by atoms with E-state index in [0.29, 0.717) is 0 Å². The third-order valence-electron chi connectivity index (χ3n) is 4.21. The average Bonchev–Trinajstić information content (AvgIpc) is 3.01. The van der Waals surface area contributed by atoms with E-state index in [9.17, 15) is 0 Å². The molecule has 2 aromatic carbocycles. The number of hydrogen-bond acceptors (Lipinski definition) is 2. The number of nitrogens with one attached hydrogen (secondary N) is 1. The van der Waals surface area contributed by atoms with Crippen LogP contribution in [-0.4, -0.2) is 5.25 Å². The van der Waals surface area contributed by atoms with Crippen LogP contribution in [0.15, 0.2) is 53.4 Å². The maximum absolute atomic E-state index is 3.62. The zero-order valence-electron chi connectivity index (χ0n) is 12.6. The standard InChI is InChI=1S/C19H23NS/c1-15-8-2-3-9-16(15)14-20-18-12-6-7-13-19(18)21-17-10-4-5-11-17/h2-3,6-9,12-13,17,20H,4-5,10-11,14H2,1H3. The maximum Gasteiger partial charge on any atom is 0.0481 e. The van der Waals surface area contributed by atoms with Crippen LogP contribution in [0.2, 0.25) is 0 Å². The molecule has 2 aromatic rings. The zero-order valence-corrected chi connectivity index (χ0v) is 13.5. The summed E-state index contributed by atoms with van der Waals surface area (Å²) >= 11 is 2.05. The molecular formula is C19H23NS. The van der Waals surface area contributed by atoms with Gasteiger partial charge in [-0.05, 0) is 43.0 Å². The van der Waals surface area contributed by atoms with Gasteiger partial charge in [0, 0.05) is 22.4 Å². The van der Waals surface area contributed by atoms with Gasteiger partial charge in [0.15, 0.2) is 0 Å². The minimum atomic E-state index is 0.811. The molecule has 110 valence electrons. The van der Waals surface area contributed by atoms with Crippen LogP contribution in [-0.2, 0) is 6.54 Å². The molecule has 0 aliphatic heterocycles. The molecule has 1 N–H and O–H groups in total. The Morgan fingerprint density at radius 3 is 2.52 bits per heavy atom. The van der Waals surface area contributed by atoms with Crippen LogP contribution in [0.25, 0.3) is 0 Å². The Kier molecular flexibility index (Phi) is 4.87. The minimum absolute atomic E-state index is 0.811. The highest BCUT2D eigenvalue weighted by molar-refractivity contribution is 8.00. The second kappa shape index (κ2) is 7.04. The van der Waals surface area contributed by atoms with E-state index in [0.717, 1.165) is 11.8 Å². The fourth-order valence-electron chi connectivity index (χ4n) is 2.90. The van der Waals surface area contributed by atoms with E-state index < -0.39 is 0 Å². The number of benzene rings is 2. The quantitative estimate of drug-likeness (QED) is 0.766. The van der Waals surface area contributed by atoms with Gasteiger partial charge in [-0.15, -0.1) is 11.8 Å². The smallest absolute Gasteiger partial charge is 0.0481 e. The summed E-state index contributed by atoms with van der Waals surface area (Å²) in [4.78, 5) is 1.40. The van der Waals surface area contributed by atoms with Gasteiger partial charge in [0.05, 0.1) is 0 Å². The van der Waals surface area contributed by atoms with E-state index in [1.54, 1.807) is 0 Å². The van der Waals surface area contributed by atoms with Crippen molar-refractivity contribution in [2.45, 2.75) is 49.3 Å². The van der Waals surface area contributed by atoms with E-state index in [1.165, 1.54) is 47.4 Å². The van der Waals surface area contributed by atoms with Crippen LogP contribution in [0.5, 0.6) is 0 Å². The van der Waals surface area contributed by atoms with Gasteiger partial charge in [-0.2, -0.15) is 0 Å². The second-order valence-electron chi connectivity index (χ2n) is 5.80. The van der Waals surface area contributed by atoms with Crippen molar-refractivity contribution in [3.05, 3.63) is 59.7 Å². The van der Waals surface area contributed by atoms with Crippen molar-refractivity contribution in [1.29, 1.82) is 0 Å². The molecule has 1 nitrogen and oxygen atoms in total. The molecule has 0 saturated heterocycles. The molecule has 0 radical (unpaired) electrons. The van der Waals surface area contributed by atoms with Crippen LogP contribution in [0, 0.1) is 6.92 Å². The molecule has 21 heavy (non-hydrogen) atoms. The lowest BCUT2D eigenvalue weighted by Gasteiger charge is -2.15. The minimum Gasteiger partial charge on any atom is -0.380 e. The lowest BCUT2D eigenvalue weighted by atomic mass is 10.1. The third kappa shape index (κ3) is 3.82. The molecule has 1 fully saturated rings. The second-order valence-corrected chi connectivity index (χ2v) is 7.14. The summed E-state index contributed by atoms with van der Waals surface area (Å²) < 4.78 is 0. The lowest BCUT2D eigenvalue weighted by molar-refractivity contribution is 0.886. The first-order valence-corrected chi connectivity index (χ1v) is 8.75. The van der Waals surface area contributed by atoms with Gasteiger partial charge in [0.2, 0.25) is 0 Å². The van der Waals surface area contributed by atoms with Crippen molar-refractivity contribution in [2.75, 3.05) is 5.32 Å². The number of rotatable bonds is 5. The molecule has 0 heterocycles. The summed E-state index contributed by atoms with van der Waals surface area (Å²) in [6.45, 7) is 3.07. The molecule has 0 aromatic heterocycles. The summed E-state index contributed by atoms with van der Waals surface area (Å²) in [5.74, 6) is 0. The summed E-state index contributed by atoms with van der Waals surface area (Å²) in [5.41, 5.74) is 4.00. The van der Waals surface area contributed by atoms with Gasteiger partial charge in [0.25, 0.3) is 0 Å². The van der Waals surface area contributed by atoms with Gasteiger partial charge in [-0.3, -0.25) is 0 Å².